The van der Waals surface area contributed by atoms with Gasteiger partial charge in [0.25, 0.3) is 5.56 Å². The van der Waals surface area contributed by atoms with Crippen molar-refractivity contribution in [1.82, 2.24) is 19.3 Å². The highest BCUT2D eigenvalue weighted by Gasteiger charge is 2.06. The van der Waals surface area contributed by atoms with Gasteiger partial charge in [0.1, 0.15) is 0 Å². The van der Waals surface area contributed by atoms with E-state index < -0.39 is 0 Å². The van der Waals surface area contributed by atoms with Crippen LogP contribution in [0.1, 0.15) is 25.2 Å². The standard InChI is InChI=1S/C12H16N4O/c1-3-10-7-11(16(4-2)14-10)8-15-9-13-6-5-12(15)17/h5-7,9H,3-4,8H2,1-2H3. The van der Waals surface area contributed by atoms with Crippen molar-refractivity contribution in [3.63, 3.8) is 0 Å². The quantitative estimate of drug-likeness (QED) is 0.792. The molecule has 0 saturated carbocycles. The van der Waals surface area contributed by atoms with Crippen LogP contribution < -0.4 is 5.56 Å². The van der Waals surface area contributed by atoms with E-state index in [4.69, 9.17) is 0 Å². The van der Waals surface area contributed by atoms with Crippen LogP contribution in [0.15, 0.2) is 29.5 Å². The topological polar surface area (TPSA) is 52.7 Å². The molecular weight excluding hydrogens is 216 g/mol. The van der Waals surface area contributed by atoms with E-state index in [-0.39, 0.29) is 5.56 Å². The summed E-state index contributed by atoms with van der Waals surface area (Å²) in [6, 6.07) is 3.51. The Kier molecular flexibility index (Phi) is 3.37. The molecule has 0 atom stereocenters. The second kappa shape index (κ2) is 4.95. The SMILES string of the molecule is CCc1cc(Cn2cnccc2=O)n(CC)n1. The van der Waals surface area contributed by atoms with E-state index in [1.807, 2.05) is 17.7 Å². The van der Waals surface area contributed by atoms with Gasteiger partial charge >= 0.3 is 0 Å². The Balaban J connectivity index is 2.32. The summed E-state index contributed by atoms with van der Waals surface area (Å²) < 4.78 is 3.51. The molecule has 0 spiro atoms. The molecule has 0 bridgehead atoms. The molecule has 0 N–H and O–H groups in total. The Morgan fingerprint density at radius 2 is 2.18 bits per heavy atom. The first-order valence-corrected chi connectivity index (χ1v) is 5.80. The minimum absolute atomic E-state index is 0.0399. The van der Waals surface area contributed by atoms with Gasteiger partial charge in [0.2, 0.25) is 0 Å². The third-order valence-corrected chi connectivity index (χ3v) is 2.70. The fourth-order valence-corrected chi connectivity index (χ4v) is 1.76. The third-order valence-electron chi connectivity index (χ3n) is 2.70. The Morgan fingerprint density at radius 1 is 1.35 bits per heavy atom. The number of hydrogen-bond donors (Lipinski definition) is 0. The van der Waals surface area contributed by atoms with E-state index in [2.05, 4.69) is 17.0 Å². The highest BCUT2D eigenvalue weighted by atomic mass is 16.1. The Morgan fingerprint density at radius 3 is 2.82 bits per heavy atom. The Bertz CT molecular complexity index is 556. The molecule has 90 valence electrons. The Hall–Kier alpha value is -1.91. The van der Waals surface area contributed by atoms with E-state index in [1.165, 1.54) is 12.3 Å². The number of hydrogen-bond acceptors (Lipinski definition) is 3. The number of rotatable bonds is 4. The van der Waals surface area contributed by atoms with Gasteiger partial charge in [-0.05, 0) is 19.4 Å². The number of aromatic nitrogens is 4. The molecule has 0 aliphatic carbocycles. The van der Waals surface area contributed by atoms with E-state index in [1.54, 1.807) is 10.9 Å². The molecule has 5 heteroatoms. The highest BCUT2D eigenvalue weighted by molar-refractivity contribution is 5.11. The van der Waals surface area contributed by atoms with Gasteiger partial charge in [-0.1, -0.05) is 6.92 Å². The smallest absolute Gasteiger partial charge is 0.253 e. The minimum atomic E-state index is -0.0399. The number of nitrogens with zero attached hydrogens (tertiary/aromatic N) is 4. The van der Waals surface area contributed by atoms with Crippen LogP contribution in [0.5, 0.6) is 0 Å². The average Bonchev–Trinajstić information content (AvgIpc) is 2.74. The first kappa shape index (κ1) is 11.6. The van der Waals surface area contributed by atoms with Crippen LogP contribution in [-0.4, -0.2) is 19.3 Å². The summed E-state index contributed by atoms with van der Waals surface area (Å²) in [6.07, 6.45) is 3.97. The van der Waals surface area contributed by atoms with Crippen molar-refractivity contribution < 1.29 is 0 Å². The molecule has 0 fully saturated rings. The molecule has 2 aromatic heterocycles. The van der Waals surface area contributed by atoms with Gasteiger partial charge < -0.3 is 0 Å². The Labute approximate surface area is 99.7 Å². The summed E-state index contributed by atoms with van der Waals surface area (Å²) in [4.78, 5) is 15.6. The van der Waals surface area contributed by atoms with Gasteiger partial charge in [-0.2, -0.15) is 5.10 Å². The molecule has 0 aromatic carbocycles. The normalized spacial score (nSPS) is 10.7. The van der Waals surface area contributed by atoms with Crippen LogP contribution in [0.3, 0.4) is 0 Å². The molecule has 2 rings (SSSR count). The van der Waals surface area contributed by atoms with Crippen LogP contribution >= 0.6 is 0 Å². The molecule has 2 aromatic rings. The first-order valence-electron chi connectivity index (χ1n) is 5.80. The lowest BCUT2D eigenvalue weighted by atomic mass is 10.3. The maximum Gasteiger partial charge on any atom is 0.253 e. The van der Waals surface area contributed by atoms with E-state index >= 15 is 0 Å². The molecule has 0 amide bonds. The zero-order valence-corrected chi connectivity index (χ0v) is 10.1. The molecular formula is C12H16N4O. The monoisotopic (exact) mass is 232 g/mol. The van der Waals surface area contributed by atoms with Gasteiger partial charge in [-0.15, -0.1) is 0 Å². The average molecular weight is 232 g/mol. The first-order chi connectivity index (χ1) is 8.24. The zero-order valence-electron chi connectivity index (χ0n) is 10.1. The van der Waals surface area contributed by atoms with Crippen molar-refractivity contribution in [2.24, 2.45) is 0 Å². The van der Waals surface area contributed by atoms with Crippen molar-refractivity contribution in [2.75, 3.05) is 0 Å². The molecule has 0 radical (unpaired) electrons. The van der Waals surface area contributed by atoms with E-state index in [0.29, 0.717) is 6.54 Å². The van der Waals surface area contributed by atoms with Crippen molar-refractivity contribution in [3.05, 3.63) is 46.4 Å². The fraction of sp³-hybridized carbons (Fsp3) is 0.417. The second-order valence-electron chi connectivity index (χ2n) is 3.84. The predicted molar refractivity (Wildman–Crippen MR) is 64.9 cm³/mol. The van der Waals surface area contributed by atoms with Crippen LogP contribution in [0.4, 0.5) is 0 Å². The maximum atomic E-state index is 11.6. The lowest BCUT2D eigenvalue weighted by molar-refractivity contribution is 0.586. The second-order valence-corrected chi connectivity index (χ2v) is 3.84. The summed E-state index contributed by atoms with van der Waals surface area (Å²) >= 11 is 0. The minimum Gasteiger partial charge on any atom is -0.293 e. The van der Waals surface area contributed by atoms with Gasteiger partial charge in [-0.25, -0.2) is 4.98 Å². The summed E-state index contributed by atoms with van der Waals surface area (Å²) in [5.74, 6) is 0. The van der Waals surface area contributed by atoms with Gasteiger partial charge in [0.05, 0.1) is 24.3 Å². The van der Waals surface area contributed by atoms with Crippen molar-refractivity contribution in [2.45, 2.75) is 33.4 Å². The number of aryl methyl sites for hydroxylation is 2. The molecule has 2 heterocycles. The lowest BCUT2D eigenvalue weighted by Gasteiger charge is -2.06. The van der Waals surface area contributed by atoms with E-state index in [9.17, 15) is 4.79 Å². The highest BCUT2D eigenvalue weighted by Crippen LogP contribution is 2.06. The van der Waals surface area contributed by atoms with Gasteiger partial charge in [0.15, 0.2) is 0 Å². The van der Waals surface area contributed by atoms with Crippen molar-refractivity contribution in [3.8, 4) is 0 Å². The summed E-state index contributed by atoms with van der Waals surface area (Å²) in [7, 11) is 0. The summed E-state index contributed by atoms with van der Waals surface area (Å²) in [5.41, 5.74) is 2.06. The molecule has 17 heavy (non-hydrogen) atoms. The fourth-order valence-electron chi connectivity index (χ4n) is 1.76. The van der Waals surface area contributed by atoms with Crippen LogP contribution in [0.2, 0.25) is 0 Å². The van der Waals surface area contributed by atoms with Crippen molar-refractivity contribution in [1.29, 1.82) is 0 Å². The molecule has 5 nitrogen and oxygen atoms in total. The molecule has 0 aliphatic heterocycles. The van der Waals surface area contributed by atoms with E-state index in [0.717, 1.165) is 24.4 Å². The molecule has 0 unspecified atom stereocenters. The predicted octanol–water partition coefficient (Wildman–Crippen LogP) is 1.07. The van der Waals surface area contributed by atoms with Gasteiger partial charge in [0, 0.05) is 18.8 Å². The molecule has 0 aliphatic rings. The van der Waals surface area contributed by atoms with Crippen LogP contribution in [0, 0.1) is 0 Å². The molecule has 0 saturated heterocycles. The lowest BCUT2D eigenvalue weighted by Crippen LogP contribution is -2.21. The zero-order chi connectivity index (χ0) is 12.3. The summed E-state index contributed by atoms with van der Waals surface area (Å²) in [5, 5.41) is 4.45. The maximum absolute atomic E-state index is 11.6. The third kappa shape index (κ3) is 2.43. The van der Waals surface area contributed by atoms with Crippen molar-refractivity contribution >= 4 is 0 Å². The summed E-state index contributed by atoms with van der Waals surface area (Å²) in [6.45, 7) is 5.45. The van der Waals surface area contributed by atoms with Crippen LogP contribution in [0.25, 0.3) is 0 Å². The van der Waals surface area contributed by atoms with Gasteiger partial charge in [-0.3, -0.25) is 14.0 Å². The van der Waals surface area contributed by atoms with Crippen LogP contribution in [-0.2, 0) is 19.5 Å². The largest absolute Gasteiger partial charge is 0.293 e.